The van der Waals surface area contributed by atoms with Gasteiger partial charge in [-0.2, -0.15) is 0 Å². The average Bonchev–Trinajstić information content (AvgIpc) is 3.06. The fraction of sp³-hybridized carbons (Fsp3) is 0.120. The first-order chi connectivity index (χ1) is 15.8. The second-order valence-electron chi connectivity index (χ2n) is 7.28. The van der Waals surface area contributed by atoms with Crippen LogP contribution in [0.1, 0.15) is 24.1 Å². The number of benzene rings is 3. The van der Waals surface area contributed by atoms with Crippen LogP contribution in [0.2, 0.25) is 15.1 Å². The Morgan fingerprint density at radius 2 is 1.70 bits per heavy atom. The number of aliphatic hydroxyl groups excluding tert-OH is 1. The number of nitrogens with zero attached hydrogens (tertiary/aromatic N) is 1. The fourth-order valence-electron chi connectivity index (χ4n) is 3.75. The summed E-state index contributed by atoms with van der Waals surface area (Å²) >= 11 is 18.3. The summed E-state index contributed by atoms with van der Waals surface area (Å²) in [5, 5.41) is 12.1. The van der Waals surface area contributed by atoms with Crippen molar-refractivity contribution in [3.63, 3.8) is 0 Å². The van der Waals surface area contributed by atoms with Crippen LogP contribution in [-0.2, 0) is 9.59 Å². The van der Waals surface area contributed by atoms with Gasteiger partial charge in [0.15, 0.2) is 0 Å². The molecule has 3 aromatic rings. The molecule has 1 aliphatic rings. The Kier molecular flexibility index (Phi) is 6.66. The molecule has 0 saturated carbocycles. The van der Waals surface area contributed by atoms with E-state index in [1.165, 1.54) is 23.1 Å². The lowest BCUT2D eigenvalue weighted by Gasteiger charge is -2.25. The normalized spacial score (nSPS) is 17.5. The summed E-state index contributed by atoms with van der Waals surface area (Å²) in [7, 11) is 0. The van der Waals surface area contributed by atoms with Gasteiger partial charge in [0.1, 0.15) is 11.5 Å². The van der Waals surface area contributed by atoms with Crippen molar-refractivity contribution in [3.8, 4) is 5.75 Å². The van der Waals surface area contributed by atoms with E-state index >= 15 is 0 Å². The van der Waals surface area contributed by atoms with Crippen LogP contribution in [0, 0.1) is 0 Å². The topological polar surface area (TPSA) is 66.8 Å². The van der Waals surface area contributed by atoms with Crippen molar-refractivity contribution >= 4 is 57.9 Å². The van der Waals surface area contributed by atoms with Crippen molar-refractivity contribution in [2.75, 3.05) is 11.5 Å². The molecule has 0 bridgehead atoms. The third-order valence-corrected chi connectivity index (χ3v) is 6.20. The van der Waals surface area contributed by atoms with Gasteiger partial charge in [-0.05, 0) is 61.0 Å². The number of ether oxygens (including phenoxy) is 1. The molecule has 1 amide bonds. The molecule has 1 aliphatic heterocycles. The van der Waals surface area contributed by atoms with Gasteiger partial charge in [0, 0.05) is 16.3 Å². The first kappa shape index (κ1) is 23.2. The molecule has 4 rings (SSSR count). The lowest BCUT2D eigenvalue weighted by atomic mass is 9.95. The summed E-state index contributed by atoms with van der Waals surface area (Å²) < 4.78 is 5.51. The third kappa shape index (κ3) is 4.44. The zero-order valence-electron chi connectivity index (χ0n) is 17.4. The second-order valence-corrected chi connectivity index (χ2v) is 8.53. The van der Waals surface area contributed by atoms with E-state index in [9.17, 15) is 14.7 Å². The number of ketones is 1. The van der Waals surface area contributed by atoms with Crippen LogP contribution < -0.4 is 9.64 Å². The van der Waals surface area contributed by atoms with Gasteiger partial charge in [0.25, 0.3) is 11.7 Å². The van der Waals surface area contributed by atoms with E-state index in [1.807, 2.05) is 6.92 Å². The number of carbonyl (C=O) groups excluding carboxylic acids is 2. The van der Waals surface area contributed by atoms with Crippen LogP contribution in [0.15, 0.2) is 72.3 Å². The van der Waals surface area contributed by atoms with Gasteiger partial charge in [0.05, 0.1) is 28.3 Å². The van der Waals surface area contributed by atoms with Crippen LogP contribution in [0.25, 0.3) is 5.76 Å². The lowest BCUT2D eigenvalue weighted by molar-refractivity contribution is -0.132. The van der Waals surface area contributed by atoms with Gasteiger partial charge in [0.2, 0.25) is 0 Å². The molecule has 0 aromatic heterocycles. The minimum absolute atomic E-state index is 0.0671. The molecular weight excluding hydrogens is 485 g/mol. The van der Waals surface area contributed by atoms with Crippen molar-refractivity contribution < 1.29 is 19.4 Å². The maximum absolute atomic E-state index is 13.2. The van der Waals surface area contributed by atoms with E-state index < -0.39 is 17.7 Å². The average molecular weight is 503 g/mol. The Bertz CT molecular complexity index is 1270. The standard InChI is InChI=1S/C25H18Cl3NO4/c1-2-33-18-9-6-14(7-10-18)22-21(23(30)15-8-11-19(27)20(28)12-15)24(31)25(32)29(22)17-5-3-4-16(26)13-17/h3-13,22,30H,2H2,1H3/b23-21+. The predicted molar refractivity (Wildman–Crippen MR) is 130 cm³/mol. The van der Waals surface area contributed by atoms with Crippen molar-refractivity contribution in [1.82, 2.24) is 0 Å². The van der Waals surface area contributed by atoms with Crippen molar-refractivity contribution in [2.24, 2.45) is 0 Å². The molecular formula is C25H18Cl3NO4. The molecule has 33 heavy (non-hydrogen) atoms. The summed E-state index contributed by atoms with van der Waals surface area (Å²) in [4.78, 5) is 27.6. The van der Waals surface area contributed by atoms with Gasteiger partial charge in [-0.25, -0.2) is 0 Å². The Morgan fingerprint density at radius 3 is 2.33 bits per heavy atom. The second kappa shape index (κ2) is 9.48. The molecule has 0 spiro atoms. The molecule has 5 nitrogen and oxygen atoms in total. The summed E-state index contributed by atoms with van der Waals surface area (Å²) in [6.07, 6.45) is 0. The fourth-order valence-corrected chi connectivity index (χ4v) is 4.23. The number of Topliss-reactive ketones (excluding diaryl/α,β-unsaturated/α-hetero) is 1. The molecule has 1 saturated heterocycles. The smallest absolute Gasteiger partial charge is 0.300 e. The third-order valence-electron chi connectivity index (χ3n) is 5.23. The number of amides is 1. The van der Waals surface area contributed by atoms with Gasteiger partial charge in [-0.15, -0.1) is 0 Å². The van der Waals surface area contributed by atoms with Crippen LogP contribution in [0.3, 0.4) is 0 Å². The van der Waals surface area contributed by atoms with Gasteiger partial charge in [-0.1, -0.05) is 53.0 Å². The van der Waals surface area contributed by atoms with Crippen LogP contribution >= 0.6 is 34.8 Å². The number of anilines is 1. The van der Waals surface area contributed by atoms with Crippen molar-refractivity contribution in [2.45, 2.75) is 13.0 Å². The maximum atomic E-state index is 13.2. The quantitative estimate of drug-likeness (QED) is 0.240. The van der Waals surface area contributed by atoms with Gasteiger partial charge >= 0.3 is 0 Å². The summed E-state index contributed by atoms with van der Waals surface area (Å²) in [5.74, 6) is -1.31. The van der Waals surface area contributed by atoms with E-state index in [4.69, 9.17) is 39.5 Å². The predicted octanol–water partition coefficient (Wildman–Crippen LogP) is 6.67. The molecule has 0 radical (unpaired) electrons. The largest absolute Gasteiger partial charge is 0.507 e. The van der Waals surface area contributed by atoms with Crippen LogP contribution in [0.5, 0.6) is 5.75 Å². The minimum atomic E-state index is -0.895. The maximum Gasteiger partial charge on any atom is 0.300 e. The zero-order chi connectivity index (χ0) is 23.7. The lowest BCUT2D eigenvalue weighted by Crippen LogP contribution is -2.29. The molecule has 1 N–H and O–H groups in total. The number of hydrogen-bond donors (Lipinski definition) is 1. The SMILES string of the molecule is CCOc1ccc(C2/C(=C(\O)c3ccc(Cl)c(Cl)c3)C(=O)C(=O)N2c2cccc(Cl)c2)cc1. The number of carbonyl (C=O) groups is 2. The van der Waals surface area contributed by atoms with E-state index in [0.29, 0.717) is 33.7 Å². The monoisotopic (exact) mass is 501 g/mol. The first-order valence-electron chi connectivity index (χ1n) is 10.1. The van der Waals surface area contributed by atoms with E-state index in [0.717, 1.165) is 0 Å². The minimum Gasteiger partial charge on any atom is -0.507 e. The zero-order valence-corrected chi connectivity index (χ0v) is 19.7. The summed E-state index contributed by atoms with van der Waals surface area (Å²) in [6, 6.07) is 17.2. The highest BCUT2D eigenvalue weighted by molar-refractivity contribution is 6.52. The number of hydrogen-bond acceptors (Lipinski definition) is 4. The number of halogens is 3. The van der Waals surface area contributed by atoms with E-state index in [2.05, 4.69) is 0 Å². The van der Waals surface area contributed by atoms with E-state index in [-0.39, 0.29) is 21.9 Å². The van der Waals surface area contributed by atoms with Gasteiger partial charge < -0.3 is 9.84 Å². The van der Waals surface area contributed by atoms with Crippen LogP contribution in [0.4, 0.5) is 5.69 Å². The van der Waals surface area contributed by atoms with Crippen molar-refractivity contribution in [1.29, 1.82) is 0 Å². The highest BCUT2D eigenvalue weighted by atomic mass is 35.5. The molecule has 1 heterocycles. The summed E-state index contributed by atoms with van der Waals surface area (Å²) in [5.41, 5.74) is 1.24. The van der Waals surface area contributed by atoms with Crippen molar-refractivity contribution in [3.05, 3.63) is 98.5 Å². The Morgan fingerprint density at radius 1 is 0.970 bits per heavy atom. The Labute approximate surface area is 205 Å². The summed E-state index contributed by atoms with van der Waals surface area (Å²) in [6.45, 7) is 2.37. The molecule has 1 unspecified atom stereocenters. The molecule has 168 valence electrons. The first-order valence-corrected chi connectivity index (χ1v) is 11.2. The molecule has 0 aliphatic carbocycles. The molecule has 3 aromatic carbocycles. The Hall–Kier alpha value is -2.99. The van der Waals surface area contributed by atoms with E-state index in [1.54, 1.807) is 48.5 Å². The van der Waals surface area contributed by atoms with Crippen LogP contribution in [-0.4, -0.2) is 23.4 Å². The molecule has 1 fully saturated rings. The van der Waals surface area contributed by atoms with Gasteiger partial charge in [-0.3, -0.25) is 14.5 Å². The number of rotatable bonds is 5. The molecule has 8 heteroatoms. The Balaban J connectivity index is 1.92. The highest BCUT2D eigenvalue weighted by Gasteiger charge is 2.47. The highest BCUT2D eigenvalue weighted by Crippen LogP contribution is 2.43. The number of aliphatic hydroxyl groups is 1. The molecule has 1 atom stereocenters.